The zero-order chi connectivity index (χ0) is 25.1. The Morgan fingerprint density at radius 1 is 1.20 bits per heavy atom. The Kier molecular flexibility index (Phi) is 7.15. The maximum atomic E-state index is 13.3. The zero-order valence-electron chi connectivity index (χ0n) is 20.9. The van der Waals surface area contributed by atoms with Crippen LogP contribution in [-0.2, 0) is 0 Å². The van der Waals surface area contributed by atoms with Crippen LogP contribution in [0, 0.1) is 13.8 Å². The van der Waals surface area contributed by atoms with E-state index in [4.69, 9.17) is 9.47 Å². The first kappa shape index (κ1) is 24.4. The molecule has 7 heteroatoms. The second kappa shape index (κ2) is 10.3. The molecule has 3 aromatic rings. The van der Waals surface area contributed by atoms with Crippen LogP contribution in [0.1, 0.15) is 65.0 Å². The molecular formula is C28H33N3O4. The Morgan fingerprint density at radius 2 is 2.00 bits per heavy atom. The lowest BCUT2D eigenvalue weighted by molar-refractivity contribution is 0.0764. The number of fused-ring (bicyclic) bond motifs is 1. The summed E-state index contributed by atoms with van der Waals surface area (Å²) in [5, 5.41) is 18.3. The molecule has 1 unspecified atom stereocenters. The van der Waals surface area contributed by atoms with E-state index in [0.717, 1.165) is 41.5 Å². The fraction of sp³-hybridized carbons (Fsp3) is 0.357. The van der Waals surface area contributed by atoms with Gasteiger partial charge in [0.1, 0.15) is 17.1 Å². The van der Waals surface area contributed by atoms with E-state index in [1.807, 2.05) is 44.2 Å². The number of ether oxygens (including phenoxy) is 2. The van der Waals surface area contributed by atoms with Crippen LogP contribution < -0.4 is 9.47 Å². The summed E-state index contributed by atoms with van der Waals surface area (Å²) in [6.45, 7) is 10.8. The highest BCUT2D eigenvalue weighted by Crippen LogP contribution is 2.46. The van der Waals surface area contributed by atoms with Crippen molar-refractivity contribution in [2.24, 2.45) is 0 Å². The summed E-state index contributed by atoms with van der Waals surface area (Å²) in [6, 6.07) is 9.15. The Balaban J connectivity index is 1.81. The number of carbonyl (C=O) groups excluding carboxylic acids is 1. The van der Waals surface area contributed by atoms with Gasteiger partial charge in [-0.25, -0.2) is 0 Å². The third kappa shape index (κ3) is 4.50. The van der Waals surface area contributed by atoms with Gasteiger partial charge in [-0.05, 0) is 55.2 Å². The quantitative estimate of drug-likeness (QED) is 0.290. The van der Waals surface area contributed by atoms with Crippen molar-refractivity contribution < 1.29 is 19.4 Å². The molecule has 1 atom stereocenters. The van der Waals surface area contributed by atoms with Crippen molar-refractivity contribution in [1.29, 1.82) is 0 Å². The van der Waals surface area contributed by atoms with Crippen molar-refractivity contribution in [3.05, 3.63) is 70.9 Å². The standard InChI is InChI=1S/C28H33N3O4/c1-6-8-9-13-35-21-11-10-19(16-22(21)34-5)26-23-24(20-15-17(3)14-18(4)27(20)32)29-30-25(23)28(33)31(26)12-7-2/h7,10-11,14-16,26,32H,2,6,8-9,12-13H2,1,3-5H3,(H,29,30). The molecule has 0 bridgehead atoms. The summed E-state index contributed by atoms with van der Waals surface area (Å²) in [4.78, 5) is 15.1. The topological polar surface area (TPSA) is 87.7 Å². The number of aromatic nitrogens is 2. The number of methoxy groups -OCH3 is 1. The van der Waals surface area contributed by atoms with E-state index < -0.39 is 6.04 Å². The lowest BCUT2D eigenvalue weighted by atomic mass is 9.94. The van der Waals surface area contributed by atoms with Crippen LogP contribution in [0.25, 0.3) is 11.3 Å². The average molecular weight is 476 g/mol. The smallest absolute Gasteiger partial charge is 0.273 e. The van der Waals surface area contributed by atoms with Crippen molar-refractivity contribution in [3.63, 3.8) is 0 Å². The fourth-order valence-corrected chi connectivity index (χ4v) is 4.72. The van der Waals surface area contributed by atoms with Gasteiger partial charge in [-0.2, -0.15) is 5.10 Å². The first-order chi connectivity index (χ1) is 16.9. The number of H-pyrrole nitrogens is 1. The van der Waals surface area contributed by atoms with Crippen LogP contribution in [0.15, 0.2) is 43.0 Å². The van der Waals surface area contributed by atoms with Gasteiger partial charge in [0.2, 0.25) is 0 Å². The third-order valence-corrected chi connectivity index (χ3v) is 6.40. The largest absolute Gasteiger partial charge is 0.507 e. The first-order valence-corrected chi connectivity index (χ1v) is 12.0. The predicted molar refractivity (Wildman–Crippen MR) is 136 cm³/mol. The van der Waals surface area contributed by atoms with Crippen LogP contribution in [0.3, 0.4) is 0 Å². The number of aromatic hydroxyl groups is 1. The zero-order valence-corrected chi connectivity index (χ0v) is 20.9. The molecule has 184 valence electrons. The molecule has 1 aliphatic rings. The van der Waals surface area contributed by atoms with Crippen LogP contribution in [0.5, 0.6) is 17.2 Å². The van der Waals surface area contributed by atoms with E-state index in [-0.39, 0.29) is 11.7 Å². The number of hydrogen-bond acceptors (Lipinski definition) is 5. The molecule has 2 aromatic carbocycles. The third-order valence-electron chi connectivity index (χ3n) is 6.40. The lowest BCUT2D eigenvalue weighted by Crippen LogP contribution is -2.29. The Morgan fingerprint density at radius 3 is 2.71 bits per heavy atom. The molecule has 35 heavy (non-hydrogen) atoms. The maximum Gasteiger partial charge on any atom is 0.273 e. The van der Waals surface area contributed by atoms with Crippen molar-refractivity contribution in [2.45, 2.75) is 46.1 Å². The molecule has 0 aliphatic carbocycles. The van der Waals surface area contributed by atoms with Gasteiger partial charge in [-0.15, -0.1) is 6.58 Å². The highest BCUT2D eigenvalue weighted by molar-refractivity contribution is 6.00. The second-order valence-corrected chi connectivity index (χ2v) is 8.95. The van der Waals surface area contributed by atoms with Crippen molar-refractivity contribution in [2.75, 3.05) is 20.3 Å². The van der Waals surface area contributed by atoms with Gasteiger partial charge in [0.15, 0.2) is 11.5 Å². The van der Waals surface area contributed by atoms with Gasteiger partial charge in [0.05, 0.1) is 19.8 Å². The van der Waals surface area contributed by atoms with E-state index in [2.05, 4.69) is 23.7 Å². The number of carbonyl (C=O) groups is 1. The lowest BCUT2D eigenvalue weighted by Gasteiger charge is -2.26. The molecule has 1 amide bonds. The number of nitrogens with one attached hydrogen (secondary N) is 1. The molecule has 1 aromatic heterocycles. The Bertz CT molecular complexity index is 1250. The summed E-state index contributed by atoms with van der Waals surface area (Å²) < 4.78 is 11.6. The normalized spacial score (nSPS) is 14.8. The van der Waals surface area contributed by atoms with Crippen LogP contribution in [0.2, 0.25) is 0 Å². The number of amides is 1. The fourth-order valence-electron chi connectivity index (χ4n) is 4.72. The summed E-state index contributed by atoms with van der Waals surface area (Å²) in [5.41, 5.74) is 4.94. The number of rotatable bonds is 10. The van der Waals surface area contributed by atoms with Crippen LogP contribution in [-0.4, -0.2) is 46.4 Å². The Hall–Kier alpha value is -3.74. The molecule has 1 aliphatic heterocycles. The van der Waals surface area contributed by atoms with Gasteiger partial charge < -0.3 is 19.5 Å². The number of aryl methyl sites for hydroxylation is 2. The number of hydrogen-bond donors (Lipinski definition) is 2. The number of unbranched alkanes of at least 4 members (excludes halogenated alkanes) is 2. The second-order valence-electron chi connectivity index (χ2n) is 8.95. The van der Waals surface area contributed by atoms with Gasteiger partial charge >= 0.3 is 0 Å². The number of benzene rings is 2. The number of phenolic OH excluding ortho intramolecular Hbond substituents is 1. The minimum absolute atomic E-state index is 0.159. The molecule has 0 radical (unpaired) electrons. The molecule has 0 saturated heterocycles. The highest BCUT2D eigenvalue weighted by atomic mass is 16.5. The van der Waals surface area contributed by atoms with E-state index in [1.54, 1.807) is 18.1 Å². The van der Waals surface area contributed by atoms with Crippen LogP contribution >= 0.6 is 0 Å². The van der Waals surface area contributed by atoms with Crippen LogP contribution in [0.4, 0.5) is 0 Å². The van der Waals surface area contributed by atoms with Crippen molar-refractivity contribution in [1.82, 2.24) is 15.1 Å². The van der Waals surface area contributed by atoms with E-state index in [0.29, 0.717) is 41.6 Å². The summed E-state index contributed by atoms with van der Waals surface area (Å²) in [6.07, 6.45) is 4.92. The molecule has 7 nitrogen and oxygen atoms in total. The van der Waals surface area contributed by atoms with Crippen molar-refractivity contribution in [3.8, 4) is 28.5 Å². The van der Waals surface area contributed by atoms with E-state index in [1.165, 1.54) is 0 Å². The predicted octanol–water partition coefficient (Wildman–Crippen LogP) is 5.71. The summed E-state index contributed by atoms with van der Waals surface area (Å²) >= 11 is 0. The van der Waals surface area contributed by atoms with Gasteiger partial charge in [-0.3, -0.25) is 9.89 Å². The Labute approximate surface area is 206 Å². The molecule has 0 spiro atoms. The number of aromatic amines is 1. The monoisotopic (exact) mass is 475 g/mol. The molecule has 4 rings (SSSR count). The summed E-state index contributed by atoms with van der Waals surface area (Å²) in [5.74, 6) is 1.28. The summed E-state index contributed by atoms with van der Waals surface area (Å²) in [7, 11) is 1.61. The van der Waals surface area contributed by atoms with Crippen molar-refractivity contribution >= 4 is 5.91 Å². The van der Waals surface area contributed by atoms with E-state index >= 15 is 0 Å². The number of nitrogens with zero attached hydrogens (tertiary/aromatic N) is 2. The average Bonchev–Trinajstić information content (AvgIpc) is 3.38. The van der Waals surface area contributed by atoms with E-state index in [9.17, 15) is 9.90 Å². The number of phenols is 1. The van der Waals surface area contributed by atoms with Gasteiger partial charge in [-0.1, -0.05) is 38.0 Å². The molecule has 0 saturated carbocycles. The van der Waals surface area contributed by atoms with Gasteiger partial charge in [0.25, 0.3) is 5.91 Å². The maximum absolute atomic E-state index is 13.3. The molecule has 2 N–H and O–H groups in total. The molecular weight excluding hydrogens is 442 g/mol. The highest BCUT2D eigenvalue weighted by Gasteiger charge is 2.42. The first-order valence-electron chi connectivity index (χ1n) is 12.0. The molecule has 2 heterocycles. The molecule has 0 fully saturated rings. The SMILES string of the molecule is C=CCN1C(=O)c2[nH]nc(-c3cc(C)cc(C)c3O)c2C1c1ccc(OCCCCC)c(OC)c1. The minimum atomic E-state index is -0.424. The van der Waals surface area contributed by atoms with Gasteiger partial charge in [0, 0.05) is 17.7 Å². The minimum Gasteiger partial charge on any atom is -0.507 e.